The van der Waals surface area contributed by atoms with Gasteiger partial charge in [-0.05, 0) is 30.3 Å². The van der Waals surface area contributed by atoms with E-state index in [4.69, 9.17) is 17.2 Å². The lowest BCUT2D eigenvalue weighted by atomic mass is 10.2. The SMILES string of the molecule is Cl.NC(=O)c1cccn1-c1cccc(C(=O)N=C(N)N)c1. The predicted molar refractivity (Wildman–Crippen MR) is 81.7 cm³/mol. The van der Waals surface area contributed by atoms with Crippen LogP contribution in [0.1, 0.15) is 20.8 Å². The van der Waals surface area contributed by atoms with Crippen molar-refractivity contribution in [3.8, 4) is 5.69 Å². The average Bonchev–Trinajstić information content (AvgIpc) is 2.87. The maximum atomic E-state index is 11.7. The van der Waals surface area contributed by atoms with Gasteiger partial charge in [-0.25, -0.2) is 0 Å². The molecule has 0 fully saturated rings. The molecule has 7 nitrogen and oxygen atoms in total. The highest BCUT2D eigenvalue weighted by Gasteiger charge is 2.10. The molecule has 0 saturated heterocycles. The van der Waals surface area contributed by atoms with E-state index in [0.717, 1.165) is 0 Å². The summed E-state index contributed by atoms with van der Waals surface area (Å²) in [6.07, 6.45) is 1.67. The number of nitrogens with two attached hydrogens (primary N) is 3. The summed E-state index contributed by atoms with van der Waals surface area (Å²) >= 11 is 0. The zero-order chi connectivity index (χ0) is 14.7. The van der Waals surface area contributed by atoms with E-state index in [9.17, 15) is 9.59 Å². The van der Waals surface area contributed by atoms with Crippen molar-refractivity contribution < 1.29 is 9.59 Å². The second-order valence-electron chi connectivity index (χ2n) is 4.02. The molecular formula is C13H14ClN5O2. The number of carbonyl (C=O) groups is 2. The Morgan fingerprint density at radius 1 is 1.05 bits per heavy atom. The smallest absolute Gasteiger partial charge is 0.280 e. The third-order valence-corrected chi connectivity index (χ3v) is 2.60. The first-order chi connectivity index (χ1) is 9.49. The van der Waals surface area contributed by atoms with Gasteiger partial charge in [0.25, 0.3) is 11.8 Å². The Kier molecular flexibility index (Phi) is 5.09. The van der Waals surface area contributed by atoms with E-state index in [0.29, 0.717) is 16.9 Å². The normalized spacial score (nSPS) is 9.52. The molecule has 2 amide bonds. The van der Waals surface area contributed by atoms with Crippen LogP contribution in [0.25, 0.3) is 5.69 Å². The predicted octanol–water partition coefficient (Wildman–Crippen LogP) is 0.412. The molecular weight excluding hydrogens is 294 g/mol. The van der Waals surface area contributed by atoms with Crippen molar-refractivity contribution in [2.24, 2.45) is 22.2 Å². The van der Waals surface area contributed by atoms with E-state index in [1.807, 2.05) is 0 Å². The van der Waals surface area contributed by atoms with Crippen LogP contribution in [0.3, 0.4) is 0 Å². The molecule has 6 N–H and O–H groups in total. The topological polar surface area (TPSA) is 129 Å². The van der Waals surface area contributed by atoms with Gasteiger partial charge in [-0.15, -0.1) is 12.4 Å². The van der Waals surface area contributed by atoms with Gasteiger partial charge in [-0.3, -0.25) is 9.59 Å². The maximum absolute atomic E-state index is 11.7. The van der Waals surface area contributed by atoms with Gasteiger partial charge in [0, 0.05) is 17.4 Å². The molecule has 0 aliphatic heterocycles. The Balaban J connectivity index is 0.00000220. The van der Waals surface area contributed by atoms with E-state index in [1.54, 1.807) is 47.2 Å². The van der Waals surface area contributed by atoms with Crippen LogP contribution in [0.4, 0.5) is 0 Å². The number of hydrogen-bond donors (Lipinski definition) is 3. The van der Waals surface area contributed by atoms with Crippen LogP contribution in [-0.4, -0.2) is 22.3 Å². The molecule has 0 saturated carbocycles. The molecule has 0 unspecified atom stereocenters. The third kappa shape index (κ3) is 3.61. The summed E-state index contributed by atoms with van der Waals surface area (Å²) in [7, 11) is 0. The molecule has 1 aromatic heterocycles. The highest BCUT2D eigenvalue weighted by Crippen LogP contribution is 2.15. The number of hydrogen-bond acceptors (Lipinski definition) is 2. The summed E-state index contributed by atoms with van der Waals surface area (Å²) in [5, 5.41) is 0. The van der Waals surface area contributed by atoms with Gasteiger partial charge in [-0.2, -0.15) is 4.99 Å². The van der Waals surface area contributed by atoms with Crippen molar-refractivity contribution >= 4 is 30.2 Å². The van der Waals surface area contributed by atoms with Gasteiger partial charge < -0.3 is 21.8 Å². The number of benzene rings is 1. The Hall–Kier alpha value is -2.80. The van der Waals surface area contributed by atoms with Crippen molar-refractivity contribution in [2.45, 2.75) is 0 Å². The first kappa shape index (κ1) is 16.3. The molecule has 21 heavy (non-hydrogen) atoms. The first-order valence-corrected chi connectivity index (χ1v) is 5.70. The standard InChI is InChI=1S/C13H13N5O2.ClH/c14-11(19)10-5-2-6-18(10)9-4-1-3-8(7-9)12(20)17-13(15)16;/h1-7H,(H2,14,19)(H4,15,16,17,20);1H. The first-order valence-electron chi connectivity index (χ1n) is 5.70. The molecule has 1 aromatic carbocycles. The fourth-order valence-electron chi connectivity index (χ4n) is 1.78. The molecule has 2 aromatic rings. The van der Waals surface area contributed by atoms with Gasteiger partial charge in [0.05, 0.1) is 0 Å². The third-order valence-electron chi connectivity index (χ3n) is 2.60. The van der Waals surface area contributed by atoms with Crippen LogP contribution in [0, 0.1) is 0 Å². The van der Waals surface area contributed by atoms with Crippen LogP contribution in [0.5, 0.6) is 0 Å². The minimum Gasteiger partial charge on any atom is -0.370 e. The lowest BCUT2D eigenvalue weighted by Gasteiger charge is -2.07. The Bertz CT molecular complexity index is 704. The second kappa shape index (κ2) is 6.58. The van der Waals surface area contributed by atoms with Crippen LogP contribution in [-0.2, 0) is 0 Å². The summed E-state index contributed by atoms with van der Waals surface area (Å²) in [5.74, 6) is -1.42. The molecule has 8 heteroatoms. The van der Waals surface area contributed by atoms with Crippen LogP contribution in [0.15, 0.2) is 47.6 Å². The monoisotopic (exact) mass is 307 g/mol. The number of primary amides is 1. The number of rotatable bonds is 3. The zero-order valence-electron chi connectivity index (χ0n) is 10.9. The highest BCUT2D eigenvalue weighted by molar-refractivity contribution is 6.02. The van der Waals surface area contributed by atoms with E-state index < -0.39 is 11.8 Å². The number of aliphatic imine (C=N–C) groups is 1. The van der Waals surface area contributed by atoms with Gasteiger partial charge >= 0.3 is 0 Å². The van der Waals surface area contributed by atoms with Crippen LogP contribution < -0.4 is 17.2 Å². The van der Waals surface area contributed by atoms with Crippen molar-refractivity contribution in [2.75, 3.05) is 0 Å². The van der Waals surface area contributed by atoms with Gasteiger partial charge in [-0.1, -0.05) is 6.07 Å². The van der Waals surface area contributed by atoms with Crippen molar-refractivity contribution in [3.63, 3.8) is 0 Å². The fourth-order valence-corrected chi connectivity index (χ4v) is 1.78. The second-order valence-corrected chi connectivity index (χ2v) is 4.02. The summed E-state index contributed by atoms with van der Waals surface area (Å²) in [6.45, 7) is 0. The van der Waals surface area contributed by atoms with Crippen molar-refractivity contribution in [1.82, 2.24) is 4.57 Å². The lowest BCUT2D eigenvalue weighted by molar-refractivity contribution is 0.0990. The van der Waals surface area contributed by atoms with Gasteiger partial charge in [0.2, 0.25) is 0 Å². The number of aromatic nitrogens is 1. The minimum atomic E-state index is -0.559. The van der Waals surface area contributed by atoms with E-state index >= 15 is 0 Å². The molecule has 0 atom stereocenters. The summed E-state index contributed by atoms with van der Waals surface area (Å²) in [5.41, 5.74) is 16.8. The highest BCUT2D eigenvalue weighted by atomic mass is 35.5. The van der Waals surface area contributed by atoms with E-state index in [2.05, 4.69) is 4.99 Å². The Morgan fingerprint density at radius 2 is 1.76 bits per heavy atom. The quantitative estimate of drug-likeness (QED) is 0.560. The number of halogens is 1. The van der Waals surface area contributed by atoms with Gasteiger partial charge in [0.1, 0.15) is 5.69 Å². The summed E-state index contributed by atoms with van der Waals surface area (Å²) in [4.78, 5) is 26.5. The van der Waals surface area contributed by atoms with Gasteiger partial charge in [0.15, 0.2) is 5.96 Å². The molecule has 0 aliphatic carbocycles. The maximum Gasteiger partial charge on any atom is 0.280 e. The number of carbonyl (C=O) groups excluding carboxylic acids is 2. The van der Waals surface area contributed by atoms with Crippen molar-refractivity contribution in [3.05, 3.63) is 53.9 Å². The number of amides is 2. The molecule has 0 spiro atoms. The molecule has 1 heterocycles. The molecule has 2 rings (SSSR count). The molecule has 0 bridgehead atoms. The molecule has 110 valence electrons. The molecule has 0 radical (unpaired) electrons. The summed E-state index contributed by atoms with van der Waals surface area (Å²) < 4.78 is 1.58. The van der Waals surface area contributed by atoms with Crippen LogP contribution in [0.2, 0.25) is 0 Å². The van der Waals surface area contributed by atoms with E-state index in [1.165, 1.54) is 0 Å². The molecule has 0 aliphatic rings. The average molecular weight is 308 g/mol. The van der Waals surface area contributed by atoms with Crippen molar-refractivity contribution in [1.29, 1.82) is 0 Å². The Morgan fingerprint density at radius 3 is 2.38 bits per heavy atom. The fraction of sp³-hybridized carbons (Fsp3) is 0. The largest absolute Gasteiger partial charge is 0.370 e. The Labute approximate surface area is 126 Å². The minimum absolute atomic E-state index is 0. The van der Waals surface area contributed by atoms with E-state index in [-0.39, 0.29) is 18.4 Å². The lowest BCUT2D eigenvalue weighted by Crippen LogP contribution is -2.24. The van der Waals surface area contributed by atoms with Crippen LogP contribution >= 0.6 is 12.4 Å². The zero-order valence-corrected chi connectivity index (χ0v) is 11.7. The number of nitrogens with zero attached hydrogens (tertiary/aromatic N) is 2. The summed E-state index contributed by atoms with van der Waals surface area (Å²) in [6, 6.07) is 9.82. The number of guanidine groups is 1.